The number of phenolic OH excluding ortho intramolecular Hbond substituents is 1. The quantitative estimate of drug-likeness (QED) is 0.892. The second-order valence-corrected chi connectivity index (χ2v) is 6.89. The van der Waals surface area contributed by atoms with Gasteiger partial charge in [0.15, 0.2) is 0 Å². The predicted molar refractivity (Wildman–Crippen MR) is 86.4 cm³/mol. The number of nitrogens with zero attached hydrogens (tertiary/aromatic N) is 1. The van der Waals surface area contributed by atoms with Gasteiger partial charge in [-0.25, -0.2) is 0 Å². The zero-order valence-electron chi connectivity index (χ0n) is 13.1. The van der Waals surface area contributed by atoms with Crippen molar-refractivity contribution in [3.8, 4) is 5.75 Å². The minimum Gasteiger partial charge on any atom is -0.508 e. The van der Waals surface area contributed by atoms with E-state index in [2.05, 4.69) is 23.2 Å². The van der Waals surface area contributed by atoms with E-state index in [9.17, 15) is 5.11 Å². The Labute approximate surface area is 128 Å². The number of rotatable bonds is 4. The van der Waals surface area contributed by atoms with Gasteiger partial charge in [0.2, 0.25) is 0 Å². The number of benzene rings is 1. The lowest BCUT2D eigenvalue weighted by atomic mass is 9.91. The Kier molecular flexibility index (Phi) is 4.51. The third-order valence-corrected chi connectivity index (χ3v) is 5.21. The van der Waals surface area contributed by atoms with Crippen molar-refractivity contribution in [1.82, 2.24) is 10.2 Å². The minimum absolute atomic E-state index is 0.362. The molecule has 2 fully saturated rings. The highest BCUT2D eigenvalue weighted by molar-refractivity contribution is 5.27. The van der Waals surface area contributed by atoms with E-state index in [-0.39, 0.29) is 0 Å². The normalized spacial score (nSPS) is 25.5. The van der Waals surface area contributed by atoms with Crippen LogP contribution in [0.1, 0.15) is 51.0 Å². The summed E-state index contributed by atoms with van der Waals surface area (Å²) in [5.74, 6) is 0.380. The summed E-state index contributed by atoms with van der Waals surface area (Å²) in [6.07, 6.45) is 7.86. The first-order valence-corrected chi connectivity index (χ1v) is 8.48. The van der Waals surface area contributed by atoms with Gasteiger partial charge in [0.1, 0.15) is 5.75 Å². The van der Waals surface area contributed by atoms with Crippen LogP contribution in [0.4, 0.5) is 0 Å². The van der Waals surface area contributed by atoms with Crippen LogP contribution >= 0.6 is 0 Å². The van der Waals surface area contributed by atoms with Crippen molar-refractivity contribution in [3.05, 3.63) is 29.8 Å². The Balaban J connectivity index is 1.73. The van der Waals surface area contributed by atoms with Crippen molar-refractivity contribution in [1.29, 1.82) is 0 Å². The van der Waals surface area contributed by atoms with Crippen LogP contribution in [0.3, 0.4) is 0 Å². The first-order chi connectivity index (χ1) is 10.2. The maximum atomic E-state index is 9.69. The topological polar surface area (TPSA) is 35.5 Å². The second kappa shape index (κ2) is 6.37. The molecule has 3 rings (SSSR count). The van der Waals surface area contributed by atoms with Gasteiger partial charge in [-0.3, -0.25) is 4.90 Å². The van der Waals surface area contributed by atoms with E-state index in [1.54, 1.807) is 6.07 Å². The van der Waals surface area contributed by atoms with Crippen molar-refractivity contribution < 1.29 is 5.11 Å². The molecule has 1 aliphatic carbocycles. The maximum absolute atomic E-state index is 9.69. The third kappa shape index (κ3) is 3.41. The fourth-order valence-electron chi connectivity index (χ4n) is 4.12. The Hall–Kier alpha value is -1.06. The molecule has 1 spiro atoms. The van der Waals surface area contributed by atoms with Crippen LogP contribution in [-0.4, -0.2) is 34.7 Å². The number of aromatic hydroxyl groups is 1. The molecule has 2 aliphatic rings. The zero-order valence-corrected chi connectivity index (χ0v) is 13.1. The highest BCUT2D eigenvalue weighted by Crippen LogP contribution is 2.34. The monoisotopic (exact) mass is 288 g/mol. The van der Waals surface area contributed by atoms with E-state index in [1.807, 2.05) is 12.1 Å². The standard InChI is InChI=1S/C18H28N2O/c1-2-6-16-12-19-18(9-3-4-10-18)14-20(16)13-15-7-5-8-17(21)11-15/h5,7-8,11,16,19,21H,2-4,6,9-10,12-14H2,1H3. The third-order valence-electron chi connectivity index (χ3n) is 5.21. The minimum atomic E-state index is 0.362. The largest absolute Gasteiger partial charge is 0.508 e. The molecule has 1 saturated carbocycles. The molecule has 3 heteroatoms. The molecule has 0 bridgehead atoms. The highest BCUT2D eigenvalue weighted by Gasteiger charge is 2.40. The molecular weight excluding hydrogens is 260 g/mol. The fraction of sp³-hybridized carbons (Fsp3) is 0.667. The summed E-state index contributed by atoms with van der Waals surface area (Å²) in [4.78, 5) is 2.65. The van der Waals surface area contributed by atoms with Gasteiger partial charge < -0.3 is 10.4 Å². The van der Waals surface area contributed by atoms with Crippen molar-refractivity contribution in [2.45, 2.75) is 63.6 Å². The second-order valence-electron chi connectivity index (χ2n) is 6.89. The molecule has 1 aliphatic heterocycles. The van der Waals surface area contributed by atoms with Crippen molar-refractivity contribution >= 4 is 0 Å². The van der Waals surface area contributed by atoms with E-state index in [0.717, 1.165) is 19.6 Å². The molecule has 1 atom stereocenters. The van der Waals surface area contributed by atoms with Gasteiger partial charge in [-0.1, -0.05) is 38.3 Å². The van der Waals surface area contributed by atoms with Crippen molar-refractivity contribution in [2.24, 2.45) is 0 Å². The van der Waals surface area contributed by atoms with Crippen LogP contribution in [0.15, 0.2) is 24.3 Å². The summed E-state index contributed by atoms with van der Waals surface area (Å²) in [7, 11) is 0. The smallest absolute Gasteiger partial charge is 0.115 e. The summed E-state index contributed by atoms with van der Waals surface area (Å²) in [6.45, 7) is 5.51. The molecule has 3 nitrogen and oxygen atoms in total. The summed E-state index contributed by atoms with van der Waals surface area (Å²) in [5.41, 5.74) is 1.59. The maximum Gasteiger partial charge on any atom is 0.115 e. The van der Waals surface area contributed by atoms with Gasteiger partial charge in [0.25, 0.3) is 0 Å². The van der Waals surface area contributed by atoms with E-state index >= 15 is 0 Å². The van der Waals surface area contributed by atoms with Crippen molar-refractivity contribution in [2.75, 3.05) is 13.1 Å². The number of nitrogens with one attached hydrogen (secondary N) is 1. The van der Waals surface area contributed by atoms with Gasteiger partial charge >= 0.3 is 0 Å². The van der Waals surface area contributed by atoms with Crippen LogP contribution < -0.4 is 5.32 Å². The number of piperazine rings is 1. The lowest BCUT2D eigenvalue weighted by Crippen LogP contribution is -2.62. The van der Waals surface area contributed by atoms with Crippen molar-refractivity contribution in [3.63, 3.8) is 0 Å². The van der Waals surface area contributed by atoms with E-state index in [0.29, 0.717) is 17.3 Å². The van der Waals surface area contributed by atoms with Crippen LogP contribution in [0.2, 0.25) is 0 Å². The molecular formula is C18H28N2O. The lowest BCUT2D eigenvalue weighted by Gasteiger charge is -2.46. The summed E-state index contributed by atoms with van der Waals surface area (Å²) in [6, 6.07) is 8.37. The molecule has 21 heavy (non-hydrogen) atoms. The SMILES string of the molecule is CCCC1CNC2(CCCC2)CN1Cc1cccc(O)c1. The van der Waals surface area contributed by atoms with Gasteiger partial charge in [-0.15, -0.1) is 0 Å². The first kappa shape index (κ1) is 14.9. The predicted octanol–water partition coefficient (Wildman–Crippen LogP) is 3.28. The Morgan fingerprint density at radius 2 is 2.14 bits per heavy atom. The molecule has 1 heterocycles. The summed E-state index contributed by atoms with van der Waals surface area (Å²) in [5, 5.41) is 13.6. The first-order valence-electron chi connectivity index (χ1n) is 8.48. The molecule has 0 amide bonds. The van der Waals surface area contributed by atoms with Crippen LogP contribution in [-0.2, 0) is 6.54 Å². The number of hydrogen-bond donors (Lipinski definition) is 2. The van der Waals surface area contributed by atoms with E-state index < -0.39 is 0 Å². The molecule has 116 valence electrons. The number of phenols is 1. The van der Waals surface area contributed by atoms with E-state index in [1.165, 1.54) is 44.1 Å². The number of hydrogen-bond acceptors (Lipinski definition) is 3. The molecule has 0 radical (unpaired) electrons. The molecule has 1 unspecified atom stereocenters. The Morgan fingerprint density at radius 1 is 1.33 bits per heavy atom. The highest BCUT2D eigenvalue weighted by atomic mass is 16.3. The molecule has 0 aromatic heterocycles. The van der Waals surface area contributed by atoms with Gasteiger partial charge in [-0.2, -0.15) is 0 Å². The van der Waals surface area contributed by atoms with Crippen LogP contribution in [0, 0.1) is 0 Å². The van der Waals surface area contributed by atoms with Crippen LogP contribution in [0.5, 0.6) is 5.75 Å². The molecule has 1 aromatic rings. The zero-order chi connectivity index (χ0) is 14.7. The fourth-order valence-corrected chi connectivity index (χ4v) is 4.12. The average molecular weight is 288 g/mol. The average Bonchev–Trinajstić information content (AvgIpc) is 2.91. The van der Waals surface area contributed by atoms with Gasteiger partial charge in [0, 0.05) is 31.2 Å². The Bertz CT molecular complexity index is 468. The Morgan fingerprint density at radius 3 is 2.86 bits per heavy atom. The summed E-state index contributed by atoms with van der Waals surface area (Å²) < 4.78 is 0. The summed E-state index contributed by atoms with van der Waals surface area (Å²) >= 11 is 0. The molecule has 1 aromatic carbocycles. The van der Waals surface area contributed by atoms with Gasteiger partial charge in [0.05, 0.1) is 0 Å². The molecule has 1 saturated heterocycles. The van der Waals surface area contributed by atoms with Gasteiger partial charge in [-0.05, 0) is 37.0 Å². The molecule has 2 N–H and O–H groups in total. The lowest BCUT2D eigenvalue weighted by molar-refractivity contribution is 0.0689. The van der Waals surface area contributed by atoms with E-state index in [4.69, 9.17) is 0 Å². The van der Waals surface area contributed by atoms with Crippen LogP contribution in [0.25, 0.3) is 0 Å².